The van der Waals surface area contributed by atoms with Gasteiger partial charge in [0.15, 0.2) is 0 Å². The highest BCUT2D eigenvalue weighted by Crippen LogP contribution is 2.27. The number of rotatable bonds is 4. The number of carbonyl (C=O) groups is 1. The van der Waals surface area contributed by atoms with Gasteiger partial charge in [0.05, 0.1) is 0 Å². The minimum Gasteiger partial charge on any atom is -0.464 e. The molecule has 0 atom stereocenters. The zero-order chi connectivity index (χ0) is 18.9. The monoisotopic (exact) mass is 377 g/mol. The molecule has 7 nitrogen and oxygen atoms in total. The van der Waals surface area contributed by atoms with Crippen molar-refractivity contribution in [2.75, 3.05) is 23.3 Å². The molecule has 1 aromatic carbocycles. The Morgan fingerprint density at radius 2 is 1.69 bits per heavy atom. The Hall–Kier alpha value is -2.32. The number of benzene rings is 1. The Morgan fingerprint density at radius 1 is 1.08 bits per heavy atom. The number of sulfonamides is 1. The van der Waals surface area contributed by atoms with E-state index in [0.29, 0.717) is 5.69 Å². The molecule has 140 valence electrons. The molecule has 0 spiro atoms. The van der Waals surface area contributed by atoms with Gasteiger partial charge in [-0.15, -0.1) is 0 Å². The number of hydrogen-bond acceptors (Lipinski definition) is 5. The van der Waals surface area contributed by atoms with Crippen molar-refractivity contribution < 1.29 is 17.6 Å². The lowest BCUT2D eigenvalue weighted by atomic mass is 10.1. The number of hydrogen-bond donors (Lipinski definition) is 2. The molecule has 3 rings (SSSR count). The average molecular weight is 377 g/mol. The van der Waals surface area contributed by atoms with Gasteiger partial charge in [-0.25, -0.2) is 13.6 Å². The molecular weight excluding hydrogens is 354 g/mol. The number of anilines is 2. The van der Waals surface area contributed by atoms with Crippen LogP contribution in [0.3, 0.4) is 0 Å². The number of primary sulfonamides is 1. The van der Waals surface area contributed by atoms with E-state index in [0.717, 1.165) is 18.8 Å². The van der Waals surface area contributed by atoms with Crippen LogP contribution in [0.1, 0.15) is 41.1 Å². The van der Waals surface area contributed by atoms with Gasteiger partial charge >= 0.3 is 0 Å². The van der Waals surface area contributed by atoms with Gasteiger partial charge in [-0.2, -0.15) is 0 Å². The Labute approximate surface area is 153 Å². The fourth-order valence-electron chi connectivity index (χ4n) is 3.37. The first-order valence-electron chi connectivity index (χ1n) is 8.56. The normalized spacial score (nSPS) is 15.1. The summed E-state index contributed by atoms with van der Waals surface area (Å²) in [6.07, 6.45) is 3.64. The minimum atomic E-state index is -4.06. The van der Waals surface area contributed by atoms with Crippen molar-refractivity contribution in [3.05, 3.63) is 41.3 Å². The lowest BCUT2D eigenvalue weighted by molar-refractivity contribution is 0.102. The van der Waals surface area contributed by atoms with Crippen molar-refractivity contribution >= 4 is 27.3 Å². The maximum Gasteiger partial charge on any atom is 0.260 e. The van der Waals surface area contributed by atoms with Gasteiger partial charge in [0.25, 0.3) is 5.91 Å². The van der Waals surface area contributed by atoms with E-state index >= 15 is 0 Å². The molecule has 1 aromatic heterocycles. The van der Waals surface area contributed by atoms with Crippen molar-refractivity contribution in [2.45, 2.75) is 38.0 Å². The summed E-state index contributed by atoms with van der Waals surface area (Å²) in [7, 11) is -4.06. The summed E-state index contributed by atoms with van der Waals surface area (Å²) in [6, 6.07) is 7.52. The minimum absolute atomic E-state index is 0.0508. The van der Waals surface area contributed by atoms with Gasteiger partial charge in [0.1, 0.15) is 22.0 Å². The van der Waals surface area contributed by atoms with Crippen molar-refractivity contribution in [3.8, 4) is 0 Å². The highest BCUT2D eigenvalue weighted by atomic mass is 32.2. The highest BCUT2D eigenvalue weighted by Gasteiger charge is 2.28. The molecule has 0 bridgehead atoms. The van der Waals surface area contributed by atoms with Crippen molar-refractivity contribution in [1.82, 2.24) is 0 Å². The van der Waals surface area contributed by atoms with Crippen LogP contribution in [0.4, 0.5) is 11.4 Å². The zero-order valence-corrected chi connectivity index (χ0v) is 15.7. The molecule has 2 heterocycles. The molecule has 1 fully saturated rings. The molecular formula is C18H23N3O4S. The van der Waals surface area contributed by atoms with E-state index in [1.807, 2.05) is 12.1 Å². The Kier molecular flexibility index (Phi) is 5.06. The van der Waals surface area contributed by atoms with Gasteiger partial charge in [0.2, 0.25) is 10.0 Å². The number of amides is 1. The molecule has 1 amide bonds. The second kappa shape index (κ2) is 7.13. The maximum absolute atomic E-state index is 12.6. The average Bonchev–Trinajstić information content (AvgIpc) is 2.91. The summed E-state index contributed by atoms with van der Waals surface area (Å²) < 4.78 is 28.9. The molecule has 2 aromatic rings. The van der Waals surface area contributed by atoms with E-state index < -0.39 is 15.9 Å². The van der Waals surface area contributed by atoms with E-state index in [-0.39, 0.29) is 22.0 Å². The Bertz CT molecular complexity index is 911. The number of carbonyl (C=O) groups excluding carboxylic acids is 1. The lowest BCUT2D eigenvalue weighted by Crippen LogP contribution is -2.29. The first-order valence-corrected chi connectivity index (χ1v) is 10.1. The second-order valence-electron chi connectivity index (χ2n) is 6.51. The van der Waals surface area contributed by atoms with Crippen LogP contribution in [0.15, 0.2) is 33.6 Å². The largest absolute Gasteiger partial charge is 0.464 e. The van der Waals surface area contributed by atoms with Crippen LogP contribution in [-0.4, -0.2) is 27.4 Å². The maximum atomic E-state index is 12.6. The van der Waals surface area contributed by atoms with Gasteiger partial charge in [-0.3, -0.25) is 4.79 Å². The molecule has 1 aliphatic rings. The smallest absolute Gasteiger partial charge is 0.260 e. The molecule has 0 saturated carbocycles. The number of furan rings is 1. The van der Waals surface area contributed by atoms with E-state index in [1.165, 1.54) is 33.1 Å². The van der Waals surface area contributed by atoms with Crippen LogP contribution < -0.4 is 15.4 Å². The number of piperidine rings is 1. The molecule has 0 aliphatic carbocycles. The van der Waals surface area contributed by atoms with Crippen LogP contribution in [0, 0.1) is 13.8 Å². The zero-order valence-electron chi connectivity index (χ0n) is 14.9. The Balaban J connectivity index is 1.81. The predicted molar refractivity (Wildman–Crippen MR) is 100 cm³/mol. The topological polar surface area (TPSA) is 106 Å². The van der Waals surface area contributed by atoms with Gasteiger partial charge in [0, 0.05) is 24.5 Å². The highest BCUT2D eigenvalue weighted by molar-refractivity contribution is 7.89. The third kappa shape index (κ3) is 3.76. The number of nitrogens with two attached hydrogens (primary N) is 1. The number of aryl methyl sites for hydroxylation is 2. The molecule has 1 saturated heterocycles. The van der Waals surface area contributed by atoms with Gasteiger partial charge < -0.3 is 14.6 Å². The van der Waals surface area contributed by atoms with E-state index in [2.05, 4.69) is 10.2 Å². The first kappa shape index (κ1) is 18.5. The number of nitrogens with one attached hydrogen (secondary N) is 1. The SMILES string of the molecule is Cc1oc(C)c(S(N)(=O)=O)c1C(=O)Nc1ccc(N2CCCCC2)cc1. The third-order valence-electron chi connectivity index (χ3n) is 4.56. The number of nitrogens with zero attached hydrogens (tertiary/aromatic N) is 1. The Morgan fingerprint density at radius 3 is 2.27 bits per heavy atom. The van der Waals surface area contributed by atoms with Gasteiger partial charge in [-0.05, 0) is 57.4 Å². The molecule has 8 heteroatoms. The predicted octanol–water partition coefficient (Wildman–Crippen LogP) is 2.79. The second-order valence-corrected chi connectivity index (χ2v) is 8.01. The fraction of sp³-hybridized carbons (Fsp3) is 0.389. The van der Waals surface area contributed by atoms with Crippen LogP contribution in [-0.2, 0) is 10.0 Å². The van der Waals surface area contributed by atoms with E-state index in [1.54, 1.807) is 12.1 Å². The summed E-state index contributed by atoms with van der Waals surface area (Å²) >= 11 is 0. The molecule has 0 unspecified atom stereocenters. The molecule has 3 N–H and O–H groups in total. The summed E-state index contributed by atoms with van der Waals surface area (Å²) in [5, 5.41) is 7.95. The third-order valence-corrected chi connectivity index (χ3v) is 5.62. The van der Waals surface area contributed by atoms with Crippen molar-refractivity contribution in [2.24, 2.45) is 5.14 Å². The quantitative estimate of drug-likeness (QED) is 0.852. The fourth-order valence-corrected chi connectivity index (χ4v) is 4.33. The van der Waals surface area contributed by atoms with Crippen LogP contribution >= 0.6 is 0 Å². The van der Waals surface area contributed by atoms with Crippen LogP contribution in [0.5, 0.6) is 0 Å². The first-order chi connectivity index (χ1) is 12.3. The summed E-state index contributed by atoms with van der Waals surface area (Å²) in [4.78, 5) is 14.7. The lowest BCUT2D eigenvalue weighted by Gasteiger charge is -2.28. The van der Waals surface area contributed by atoms with Crippen LogP contribution in [0.2, 0.25) is 0 Å². The molecule has 0 radical (unpaired) electrons. The molecule has 1 aliphatic heterocycles. The molecule has 26 heavy (non-hydrogen) atoms. The summed E-state index contributed by atoms with van der Waals surface area (Å²) in [6.45, 7) is 5.08. The van der Waals surface area contributed by atoms with Crippen molar-refractivity contribution in [1.29, 1.82) is 0 Å². The standard InChI is InChI=1S/C18H23N3O4S/c1-12-16(17(13(2)25-12)26(19,23)24)18(22)20-14-6-8-15(9-7-14)21-10-4-3-5-11-21/h6-9H,3-5,10-11H2,1-2H3,(H,20,22)(H2,19,23,24). The summed E-state index contributed by atoms with van der Waals surface area (Å²) in [5.41, 5.74) is 1.64. The van der Waals surface area contributed by atoms with E-state index in [9.17, 15) is 13.2 Å². The van der Waals surface area contributed by atoms with Crippen molar-refractivity contribution in [3.63, 3.8) is 0 Å². The van der Waals surface area contributed by atoms with Gasteiger partial charge in [-0.1, -0.05) is 0 Å². The van der Waals surface area contributed by atoms with E-state index in [4.69, 9.17) is 9.56 Å². The summed E-state index contributed by atoms with van der Waals surface area (Å²) in [5.74, 6) is -0.237. The van der Waals surface area contributed by atoms with Crippen LogP contribution in [0.25, 0.3) is 0 Å².